The number of fused-ring (bicyclic) bond motifs is 1. The van der Waals surface area contributed by atoms with Crippen LogP contribution in [0, 0.1) is 0 Å². The maximum absolute atomic E-state index is 12.6. The molecule has 2 N–H and O–H groups in total. The number of carbonyl (C=O) groups excluding carboxylic acids is 1. The van der Waals surface area contributed by atoms with E-state index in [1.807, 2.05) is 36.1 Å². The highest BCUT2D eigenvalue weighted by Crippen LogP contribution is 2.17. The molecule has 2 aromatic rings. The third-order valence-electron chi connectivity index (χ3n) is 5.06. The minimum Gasteiger partial charge on any atom is -0.497 e. The summed E-state index contributed by atoms with van der Waals surface area (Å²) in [5, 5.41) is 10.2. The predicted molar refractivity (Wildman–Crippen MR) is 112 cm³/mol. The lowest BCUT2D eigenvalue weighted by Crippen LogP contribution is -2.41. The second-order valence-corrected chi connectivity index (χ2v) is 7.54. The topological polar surface area (TPSA) is 105 Å². The van der Waals surface area contributed by atoms with E-state index in [-0.39, 0.29) is 18.1 Å². The molecule has 2 heterocycles. The molecule has 1 atom stereocenters. The van der Waals surface area contributed by atoms with Crippen LogP contribution in [-0.4, -0.2) is 58.9 Å². The molecule has 0 spiro atoms. The van der Waals surface area contributed by atoms with Gasteiger partial charge < -0.3 is 19.6 Å². The number of ether oxygens (including phenoxy) is 2. The Balaban J connectivity index is 1.61. The number of hydrogen-bond acceptors (Lipinski definition) is 7. The van der Waals surface area contributed by atoms with E-state index < -0.39 is 6.10 Å². The average molecular weight is 415 g/mol. The standard InChI is InChI=1S/C22H29N3O5/c1-3-5-21(27)30-14-16(26)12-25-9-8-19-18(13-25)22(28)24-20(23-19)11-15-6-4-7-17(10-15)29-2/h4,6-7,10,16,26H,3,5,8-9,11-14H2,1-2H3,(H,23,24,28)/t16-/m0/s1. The molecule has 0 fully saturated rings. The Hall–Kier alpha value is -2.71. The molecule has 8 nitrogen and oxygen atoms in total. The summed E-state index contributed by atoms with van der Waals surface area (Å²) in [5.74, 6) is 1.09. The number of methoxy groups -OCH3 is 1. The van der Waals surface area contributed by atoms with Crippen molar-refractivity contribution in [3.63, 3.8) is 0 Å². The number of carbonyl (C=O) groups is 1. The quantitative estimate of drug-likeness (QED) is 0.597. The first kappa shape index (κ1) is 22.0. The highest BCUT2D eigenvalue weighted by Gasteiger charge is 2.23. The van der Waals surface area contributed by atoms with Gasteiger partial charge >= 0.3 is 5.97 Å². The first-order valence-corrected chi connectivity index (χ1v) is 10.3. The highest BCUT2D eigenvalue weighted by molar-refractivity contribution is 5.69. The molecule has 0 saturated heterocycles. The Bertz CT molecular complexity index is 927. The van der Waals surface area contributed by atoms with Crippen LogP contribution in [0.4, 0.5) is 0 Å². The highest BCUT2D eigenvalue weighted by atomic mass is 16.5. The molecule has 162 valence electrons. The lowest BCUT2D eigenvalue weighted by molar-refractivity contribution is -0.147. The number of aromatic amines is 1. The number of hydrogen-bond donors (Lipinski definition) is 2. The van der Waals surface area contributed by atoms with Gasteiger partial charge in [-0.2, -0.15) is 0 Å². The molecule has 3 rings (SSSR count). The van der Waals surface area contributed by atoms with Crippen LogP contribution in [0.1, 0.15) is 42.4 Å². The van der Waals surface area contributed by atoms with Crippen molar-refractivity contribution in [1.29, 1.82) is 0 Å². The van der Waals surface area contributed by atoms with Crippen LogP contribution in [0.2, 0.25) is 0 Å². The summed E-state index contributed by atoms with van der Waals surface area (Å²) in [7, 11) is 1.62. The number of nitrogens with one attached hydrogen (secondary N) is 1. The molecular formula is C22H29N3O5. The summed E-state index contributed by atoms with van der Waals surface area (Å²) in [6, 6.07) is 7.68. The van der Waals surface area contributed by atoms with Crippen LogP contribution >= 0.6 is 0 Å². The summed E-state index contributed by atoms with van der Waals surface area (Å²) in [6.07, 6.45) is 1.43. The molecule has 0 saturated carbocycles. The first-order chi connectivity index (χ1) is 14.5. The number of rotatable bonds is 9. The van der Waals surface area contributed by atoms with Crippen molar-refractivity contribution in [2.45, 2.75) is 45.3 Å². The maximum atomic E-state index is 12.6. The minimum atomic E-state index is -0.785. The van der Waals surface area contributed by atoms with Crippen molar-refractivity contribution >= 4 is 5.97 Å². The van der Waals surface area contributed by atoms with E-state index in [1.54, 1.807) is 7.11 Å². The van der Waals surface area contributed by atoms with Gasteiger partial charge in [-0.1, -0.05) is 19.1 Å². The van der Waals surface area contributed by atoms with Gasteiger partial charge in [0.1, 0.15) is 24.3 Å². The second-order valence-electron chi connectivity index (χ2n) is 7.54. The Kier molecular flexibility index (Phi) is 7.59. The van der Waals surface area contributed by atoms with E-state index in [2.05, 4.69) is 9.97 Å². The van der Waals surface area contributed by atoms with Gasteiger partial charge in [-0.3, -0.25) is 14.5 Å². The number of nitrogens with zero attached hydrogens (tertiary/aromatic N) is 2. The fraction of sp³-hybridized carbons (Fsp3) is 0.500. The largest absolute Gasteiger partial charge is 0.497 e. The lowest BCUT2D eigenvalue weighted by Gasteiger charge is -2.29. The zero-order valence-electron chi connectivity index (χ0n) is 17.5. The van der Waals surface area contributed by atoms with Crippen molar-refractivity contribution in [2.24, 2.45) is 0 Å². The normalized spacial score (nSPS) is 14.8. The molecule has 0 bridgehead atoms. The number of aliphatic hydroxyl groups is 1. The number of H-pyrrole nitrogens is 1. The Labute approximate surface area is 175 Å². The van der Waals surface area contributed by atoms with Gasteiger partial charge in [-0.15, -0.1) is 0 Å². The van der Waals surface area contributed by atoms with E-state index in [9.17, 15) is 14.7 Å². The monoisotopic (exact) mass is 415 g/mol. The Morgan fingerprint density at radius 3 is 3.00 bits per heavy atom. The van der Waals surface area contributed by atoms with Gasteiger partial charge in [0.25, 0.3) is 5.56 Å². The van der Waals surface area contributed by atoms with Crippen LogP contribution in [-0.2, 0) is 28.9 Å². The van der Waals surface area contributed by atoms with Gasteiger partial charge in [0.2, 0.25) is 0 Å². The number of esters is 1. The summed E-state index contributed by atoms with van der Waals surface area (Å²) >= 11 is 0. The van der Waals surface area contributed by atoms with Crippen LogP contribution in [0.25, 0.3) is 0 Å². The molecule has 0 radical (unpaired) electrons. The van der Waals surface area contributed by atoms with E-state index >= 15 is 0 Å². The van der Waals surface area contributed by atoms with Gasteiger partial charge in [0, 0.05) is 38.9 Å². The zero-order valence-corrected chi connectivity index (χ0v) is 17.5. The summed E-state index contributed by atoms with van der Waals surface area (Å²) in [4.78, 5) is 33.6. The third-order valence-corrected chi connectivity index (χ3v) is 5.06. The zero-order chi connectivity index (χ0) is 21.5. The maximum Gasteiger partial charge on any atom is 0.305 e. The molecular weight excluding hydrogens is 386 g/mol. The van der Waals surface area contributed by atoms with Crippen molar-refractivity contribution in [3.8, 4) is 5.75 Å². The van der Waals surface area contributed by atoms with Crippen molar-refractivity contribution in [3.05, 3.63) is 57.3 Å². The van der Waals surface area contributed by atoms with Crippen LogP contribution in [0.5, 0.6) is 5.75 Å². The molecule has 1 aliphatic heterocycles. The van der Waals surface area contributed by atoms with E-state index in [0.717, 1.165) is 17.0 Å². The fourth-order valence-electron chi connectivity index (χ4n) is 3.56. The number of benzene rings is 1. The van der Waals surface area contributed by atoms with Crippen molar-refractivity contribution in [2.75, 3.05) is 26.8 Å². The molecule has 1 aromatic heterocycles. The SMILES string of the molecule is CCCC(=O)OC[C@@H](O)CN1CCc2nc(Cc3cccc(OC)c3)[nH]c(=O)c2C1. The lowest BCUT2D eigenvalue weighted by atomic mass is 10.1. The second kappa shape index (κ2) is 10.4. The van der Waals surface area contributed by atoms with Crippen LogP contribution < -0.4 is 10.3 Å². The van der Waals surface area contributed by atoms with Gasteiger partial charge in [0.15, 0.2) is 0 Å². The predicted octanol–water partition coefficient (Wildman–Crippen LogP) is 1.43. The van der Waals surface area contributed by atoms with E-state index in [0.29, 0.717) is 56.7 Å². The molecule has 0 aliphatic carbocycles. The Morgan fingerprint density at radius 2 is 2.23 bits per heavy atom. The molecule has 1 aliphatic rings. The molecule has 30 heavy (non-hydrogen) atoms. The van der Waals surface area contributed by atoms with Crippen LogP contribution in [0.15, 0.2) is 29.1 Å². The Morgan fingerprint density at radius 1 is 1.40 bits per heavy atom. The van der Waals surface area contributed by atoms with E-state index in [4.69, 9.17) is 9.47 Å². The number of β-amino-alcohol motifs (C(OH)–C–C–N with tert-alkyl or cyclic N) is 1. The molecule has 0 amide bonds. The summed E-state index contributed by atoms with van der Waals surface area (Å²) in [5.41, 5.74) is 2.30. The number of aliphatic hydroxyl groups excluding tert-OH is 1. The van der Waals surface area contributed by atoms with E-state index in [1.165, 1.54) is 0 Å². The average Bonchev–Trinajstić information content (AvgIpc) is 2.73. The smallest absolute Gasteiger partial charge is 0.305 e. The van der Waals surface area contributed by atoms with Crippen LogP contribution in [0.3, 0.4) is 0 Å². The minimum absolute atomic E-state index is 0.0315. The summed E-state index contributed by atoms with van der Waals surface area (Å²) < 4.78 is 10.3. The first-order valence-electron chi connectivity index (χ1n) is 10.3. The van der Waals surface area contributed by atoms with Gasteiger partial charge in [-0.25, -0.2) is 4.98 Å². The van der Waals surface area contributed by atoms with Crippen molar-refractivity contribution in [1.82, 2.24) is 14.9 Å². The third kappa shape index (κ3) is 5.90. The molecule has 1 aromatic carbocycles. The fourth-order valence-corrected chi connectivity index (χ4v) is 3.56. The summed E-state index contributed by atoms with van der Waals surface area (Å²) in [6.45, 7) is 3.30. The van der Waals surface area contributed by atoms with Crippen molar-refractivity contribution < 1.29 is 19.4 Å². The van der Waals surface area contributed by atoms with Gasteiger partial charge in [0.05, 0.1) is 18.4 Å². The van der Waals surface area contributed by atoms with Gasteiger partial charge in [-0.05, 0) is 24.1 Å². The molecule has 0 unspecified atom stereocenters. The molecule has 8 heteroatoms. The number of aromatic nitrogens is 2.